The van der Waals surface area contributed by atoms with Crippen LogP contribution in [0.1, 0.15) is 5.56 Å². The van der Waals surface area contributed by atoms with Gasteiger partial charge < -0.3 is 11.5 Å². The summed E-state index contributed by atoms with van der Waals surface area (Å²) in [6.45, 7) is 0.530. The molecule has 0 aromatic heterocycles. The van der Waals surface area contributed by atoms with E-state index in [-0.39, 0.29) is 0 Å². The smallest absolute Gasteiger partial charge is 0.0635 e. The minimum atomic E-state index is 0.530. The van der Waals surface area contributed by atoms with Gasteiger partial charge in [-0.05, 0) is 17.7 Å². The first kappa shape index (κ1) is 9.10. The molecule has 0 unspecified atom stereocenters. The molecule has 0 aliphatic carbocycles. The second-order valence-electron chi connectivity index (χ2n) is 2.42. The Hall–Kier alpha value is -0.990. The number of halogens is 1. The van der Waals surface area contributed by atoms with Crippen LogP contribution in [0.4, 0.5) is 5.69 Å². The van der Waals surface area contributed by atoms with E-state index in [0.717, 1.165) is 5.56 Å². The molecule has 1 aromatic rings. The van der Waals surface area contributed by atoms with Crippen molar-refractivity contribution in [3.8, 4) is 0 Å². The minimum absolute atomic E-state index is 0.530. The van der Waals surface area contributed by atoms with Crippen molar-refractivity contribution < 1.29 is 0 Å². The van der Waals surface area contributed by atoms with E-state index in [9.17, 15) is 0 Å². The lowest BCUT2D eigenvalue weighted by atomic mass is 10.2. The Balaban J connectivity index is 2.89. The summed E-state index contributed by atoms with van der Waals surface area (Å²) >= 11 is 5.74. The molecule has 0 saturated carbocycles. The Morgan fingerprint density at radius 1 is 1.42 bits per heavy atom. The van der Waals surface area contributed by atoms with E-state index in [1.807, 2.05) is 24.3 Å². The van der Waals surface area contributed by atoms with Crippen LogP contribution >= 0.6 is 11.6 Å². The monoisotopic (exact) mass is 182 g/mol. The molecule has 4 N–H and O–H groups in total. The fraction of sp³-hybridized carbons (Fsp3) is 0.111. The van der Waals surface area contributed by atoms with E-state index >= 15 is 0 Å². The van der Waals surface area contributed by atoms with Crippen molar-refractivity contribution in [1.82, 2.24) is 0 Å². The minimum Gasteiger partial charge on any atom is -0.398 e. The molecule has 0 aliphatic heterocycles. The summed E-state index contributed by atoms with van der Waals surface area (Å²) in [6.07, 6.45) is 3.77. The summed E-state index contributed by atoms with van der Waals surface area (Å²) in [5, 5.41) is 0.583. The summed E-state index contributed by atoms with van der Waals surface area (Å²) in [7, 11) is 0. The number of nitrogen functional groups attached to an aromatic ring is 1. The molecule has 64 valence electrons. The second-order valence-corrected chi connectivity index (χ2v) is 2.83. The quantitative estimate of drug-likeness (QED) is 0.687. The summed E-state index contributed by atoms with van der Waals surface area (Å²) < 4.78 is 0. The molecule has 0 saturated heterocycles. The highest BCUT2D eigenvalue weighted by molar-refractivity contribution is 6.33. The van der Waals surface area contributed by atoms with Gasteiger partial charge in [-0.2, -0.15) is 0 Å². The molecule has 0 fully saturated rings. The maximum absolute atomic E-state index is 5.74. The van der Waals surface area contributed by atoms with Crippen LogP contribution in [0, 0.1) is 0 Å². The highest BCUT2D eigenvalue weighted by Gasteiger charge is 1.94. The third kappa shape index (κ3) is 2.26. The molecule has 0 heterocycles. The zero-order chi connectivity index (χ0) is 8.97. The summed E-state index contributed by atoms with van der Waals surface area (Å²) in [5.41, 5.74) is 12.5. The summed E-state index contributed by atoms with van der Waals surface area (Å²) in [6, 6.07) is 5.48. The van der Waals surface area contributed by atoms with Gasteiger partial charge >= 0.3 is 0 Å². The molecule has 1 aromatic carbocycles. The lowest BCUT2D eigenvalue weighted by molar-refractivity contribution is 1.26. The van der Waals surface area contributed by atoms with Gasteiger partial charge in [0, 0.05) is 6.54 Å². The Morgan fingerprint density at radius 3 is 2.75 bits per heavy atom. The van der Waals surface area contributed by atoms with Gasteiger partial charge in [-0.15, -0.1) is 0 Å². The second kappa shape index (κ2) is 4.14. The fourth-order valence-electron chi connectivity index (χ4n) is 0.870. The van der Waals surface area contributed by atoms with Crippen LogP contribution < -0.4 is 11.5 Å². The van der Waals surface area contributed by atoms with Gasteiger partial charge in [-0.3, -0.25) is 0 Å². The molecular formula is C9H11ClN2. The largest absolute Gasteiger partial charge is 0.398 e. The summed E-state index contributed by atoms with van der Waals surface area (Å²) in [5.74, 6) is 0. The predicted molar refractivity (Wildman–Crippen MR) is 54.0 cm³/mol. The number of anilines is 1. The number of nitrogens with two attached hydrogens (primary N) is 2. The zero-order valence-electron chi connectivity index (χ0n) is 6.63. The molecule has 1 rings (SSSR count). The Kier molecular flexibility index (Phi) is 3.14. The maximum Gasteiger partial charge on any atom is 0.0635 e. The van der Waals surface area contributed by atoms with Crippen LogP contribution in [-0.4, -0.2) is 6.54 Å². The molecule has 0 aliphatic rings. The van der Waals surface area contributed by atoms with Crippen molar-refractivity contribution in [2.75, 3.05) is 12.3 Å². The van der Waals surface area contributed by atoms with E-state index < -0.39 is 0 Å². The van der Waals surface area contributed by atoms with Crippen molar-refractivity contribution in [3.05, 3.63) is 34.9 Å². The predicted octanol–water partition coefficient (Wildman–Crippen LogP) is 1.89. The highest BCUT2D eigenvalue weighted by Crippen LogP contribution is 2.19. The molecule has 0 spiro atoms. The molecule has 12 heavy (non-hydrogen) atoms. The van der Waals surface area contributed by atoms with Gasteiger partial charge in [0.25, 0.3) is 0 Å². The first-order chi connectivity index (χ1) is 5.74. The SMILES string of the molecule is NCC=Cc1ccc(Cl)c(N)c1. The molecule has 0 bridgehead atoms. The van der Waals surface area contributed by atoms with Gasteiger partial charge in [0.15, 0.2) is 0 Å². The van der Waals surface area contributed by atoms with Gasteiger partial charge in [0.1, 0.15) is 0 Å². The molecule has 0 radical (unpaired) electrons. The lowest BCUT2D eigenvalue weighted by Crippen LogP contribution is -1.92. The molecular weight excluding hydrogens is 172 g/mol. The van der Waals surface area contributed by atoms with Crippen LogP contribution in [0.5, 0.6) is 0 Å². The topological polar surface area (TPSA) is 52.0 Å². The Morgan fingerprint density at radius 2 is 2.17 bits per heavy atom. The standard InChI is InChI=1S/C9H11ClN2/c10-8-4-3-7(2-1-5-11)6-9(8)12/h1-4,6H,5,11-12H2. The average Bonchev–Trinajstić information content (AvgIpc) is 2.07. The lowest BCUT2D eigenvalue weighted by Gasteiger charge is -1.98. The molecule has 0 amide bonds. The van der Waals surface area contributed by atoms with E-state index in [2.05, 4.69) is 0 Å². The van der Waals surface area contributed by atoms with E-state index in [0.29, 0.717) is 17.3 Å². The molecule has 2 nitrogen and oxygen atoms in total. The third-order valence-electron chi connectivity index (χ3n) is 1.47. The number of hydrogen-bond acceptors (Lipinski definition) is 2. The number of hydrogen-bond donors (Lipinski definition) is 2. The Labute approximate surface area is 76.8 Å². The van der Waals surface area contributed by atoms with E-state index in [1.54, 1.807) is 6.07 Å². The van der Waals surface area contributed by atoms with Crippen molar-refractivity contribution in [2.45, 2.75) is 0 Å². The van der Waals surface area contributed by atoms with Crippen LogP contribution in [-0.2, 0) is 0 Å². The van der Waals surface area contributed by atoms with Crippen molar-refractivity contribution in [2.24, 2.45) is 5.73 Å². The van der Waals surface area contributed by atoms with Crippen LogP contribution in [0.25, 0.3) is 6.08 Å². The van der Waals surface area contributed by atoms with Crippen molar-refractivity contribution in [1.29, 1.82) is 0 Å². The van der Waals surface area contributed by atoms with Gasteiger partial charge in [-0.1, -0.05) is 29.8 Å². The Bertz CT molecular complexity index is 295. The van der Waals surface area contributed by atoms with Gasteiger partial charge in [-0.25, -0.2) is 0 Å². The van der Waals surface area contributed by atoms with Gasteiger partial charge in [0.05, 0.1) is 10.7 Å². The summed E-state index contributed by atoms with van der Waals surface area (Å²) in [4.78, 5) is 0. The van der Waals surface area contributed by atoms with E-state index in [1.165, 1.54) is 0 Å². The fourth-order valence-corrected chi connectivity index (χ4v) is 0.988. The number of rotatable bonds is 2. The average molecular weight is 183 g/mol. The van der Waals surface area contributed by atoms with Crippen LogP contribution in [0.2, 0.25) is 5.02 Å². The third-order valence-corrected chi connectivity index (χ3v) is 1.81. The van der Waals surface area contributed by atoms with Gasteiger partial charge in [0.2, 0.25) is 0 Å². The first-order valence-electron chi connectivity index (χ1n) is 3.65. The number of benzene rings is 1. The zero-order valence-corrected chi connectivity index (χ0v) is 7.38. The maximum atomic E-state index is 5.74. The highest BCUT2D eigenvalue weighted by atomic mass is 35.5. The first-order valence-corrected chi connectivity index (χ1v) is 4.03. The molecule has 3 heteroatoms. The van der Waals surface area contributed by atoms with Crippen molar-refractivity contribution in [3.63, 3.8) is 0 Å². The van der Waals surface area contributed by atoms with Crippen LogP contribution in [0.15, 0.2) is 24.3 Å². The van der Waals surface area contributed by atoms with Crippen molar-refractivity contribution >= 4 is 23.4 Å². The van der Waals surface area contributed by atoms with E-state index in [4.69, 9.17) is 23.1 Å². The van der Waals surface area contributed by atoms with Crippen LogP contribution in [0.3, 0.4) is 0 Å². The molecule has 0 atom stereocenters. The normalized spacial score (nSPS) is 10.8.